The monoisotopic (exact) mass is 144 g/mol. The van der Waals surface area contributed by atoms with Gasteiger partial charge in [-0.3, -0.25) is 0 Å². The molecule has 0 amide bonds. The van der Waals surface area contributed by atoms with E-state index in [-0.39, 0.29) is 7.43 Å². The maximum Gasteiger partial charge on any atom is -0.0417 e. The predicted molar refractivity (Wildman–Crippen MR) is 50.3 cm³/mol. The highest BCUT2D eigenvalue weighted by molar-refractivity contribution is 4.64. The van der Waals surface area contributed by atoms with Crippen molar-refractivity contribution in [3.8, 4) is 0 Å². The van der Waals surface area contributed by atoms with Gasteiger partial charge in [0.05, 0.1) is 0 Å². The molecule has 0 heterocycles. The second kappa shape index (κ2) is 9.00. The molecule has 10 heavy (non-hydrogen) atoms. The minimum atomic E-state index is 0. The van der Waals surface area contributed by atoms with E-state index in [1.165, 1.54) is 32.1 Å². The van der Waals surface area contributed by atoms with Gasteiger partial charge in [-0.1, -0.05) is 60.3 Å². The van der Waals surface area contributed by atoms with Crippen molar-refractivity contribution in [1.29, 1.82) is 0 Å². The molecule has 0 radical (unpaired) electrons. The third-order valence-electron chi connectivity index (χ3n) is 2.05. The summed E-state index contributed by atoms with van der Waals surface area (Å²) in [6.45, 7) is 6.30. The van der Waals surface area contributed by atoms with Gasteiger partial charge in [0.15, 0.2) is 0 Å². The summed E-state index contributed by atoms with van der Waals surface area (Å²) in [5.74, 6) is 1.10. The van der Waals surface area contributed by atoms with Crippen LogP contribution in [0, 0.1) is 5.92 Å². The first-order chi connectivity index (χ1) is 4.43. The SMILES string of the molecule is C.CC.CCC1CCCC1. The molecule has 1 fully saturated rings. The van der Waals surface area contributed by atoms with Gasteiger partial charge in [-0.2, -0.15) is 0 Å². The van der Waals surface area contributed by atoms with Gasteiger partial charge >= 0.3 is 0 Å². The van der Waals surface area contributed by atoms with Gasteiger partial charge in [-0.25, -0.2) is 0 Å². The Labute approximate surface area is 67.0 Å². The molecule has 0 spiro atoms. The van der Waals surface area contributed by atoms with Crippen LogP contribution in [0.2, 0.25) is 0 Å². The molecular weight excluding hydrogens is 120 g/mol. The van der Waals surface area contributed by atoms with E-state index in [0.717, 1.165) is 5.92 Å². The molecule has 1 aliphatic carbocycles. The summed E-state index contributed by atoms with van der Waals surface area (Å²) < 4.78 is 0. The summed E-state index contributed by atoms with van der Waals surface area (Å²) in [7, 11) is 0. The van der Waals surface area contributed by atoms with Gasteiger partial charge in [0, 0.05) is 0 Å². The molecule has 0 nitrogen and oxygen atoms in total. The number of hydrogen-bond acceptors (Lipinski definition) is 0. The fraction of sp³-hybridized carbons (Fsp3) is 1.00. The summed E-state index contributed by atoms with van der Waals surface area (Å²) in [5, 5.41) is 0. The Morgan fingerprint density at radius 1 is 1.10 bits per heavy atom. The zero-order valence-corrected chi connectivity index (χ0v) is 7.11. The lowest BCUT2D eigenvalue weighted by Crippen LogP contribution is -1.86. The first-order valence-corrected chi connectivity index (χ1v) is 4.43. The molecule has 0 atom stereocenters. The van der Waals surface area contributed by atoms with Crippen molar-refractivity contribution in [2.45, 2.75) is 60.3 Å². The van der Waals surface area contributed by atoms with Crippen molar-refractivity contribution in [3.63, 3.8) is 0 Å². The van der Waals surface area contributed by atoms with Crippen LogP contribution in [0.5, 0.6) is 0 Å². The highest BCUT2D eigenvalue weighted by atomic mass is 14.2. The van der Waals surface area contributed by atoms with E-state index in [4.69, 9.17) is 0 Å². The van der Waals surface area contributed by atoms with Crippen LogP contribution in [0.1, 0.15) is 60.3 Å². The zero-order chi connectivity index (χ0) is 7.11. The lowest BCUT2D eigenvalue weighted by Gasteiger charge is -1.99. The molecule has 0 bridgehead atoms. The van der Waals surface area contributed by atoms with E-state index in [0.29, 0.717) is 0 Å². The van der Waals surface area contributed by atoms with E-state index in [9.17, 15) is 0 Å². The Bertz CT molecular complexity index is 42.0. The molecule has 0 aromatic rings. The fourth-order valence-electron chi connectivity index (χ4n) is 1.42. The summed E-state index contributed by atoms with van der Waals surface area (Å²) in [6, 6.07) is 0. The lowest BCUT2D eigenvalue weighted by molar-refractivity contribution is 0.531. The van der Waals surface area contributed by atoms with E-state index < -0.39 is 0 Å². The first-order valence-electron chi connectivity index (χ1n) is 4.43. The van der Waals surface area contributed by atoms with Crippen molar-refractivity contribution in [2.75, 3.05) is 0 Å². The van der Waals surface area contributed by atoms with Gasteiger partial charge in [0.2, 0.25) is 0 Å². The summed E-state index contributed by atoms with van der Waals surface area (Å²) in [4.78, 5) is 0. The Kier molecular flexibility index (Phi) is 11.4. The fourth-order valence-corrected chi connectivity index (χ4v) is 1.42. The molecule has 0 saturated heterocycles. The molecule has 1 saturated carbocycles. The van der Waals surface area contributed by atoms with Crippen LogP contribution in [0.15, 0.2) is 0 Å². The minimum Gasteiger partial charge on any atom is -0.0776 e. The Morgan fingerprint density at radius 3 is 1.70 bits per heavy atom. The largest absolute Gasteiger partial charge is 0.0776 e. The Morgan fingerprint density at radius 2 is 1.50 bits per heavy atom. The van der Waals surface area contributed by atoms with Gasteiger partial charge < -0.3 is 0 Å². The predicted octanol–water partition coefficient (Wildman–Crippen LogP) is 4.25. The van der Waals surface area contributed by atoms with Crippen LogP contribution in [-0.2, 0) is 0 Å². The van der Waals surface area contributed by atoms with Gasteiger partial charge in [-0.05, 0) is 5.92 Å². The standard InChI is InChI=1S/C7H14.C2H6.CH4/c1-2-7-5-3-4-6-7;1-2;/h7H,2-6H2,1H3;1-2H3;1H4. The van der Waals surface area contributed by atoms with Gasteiger partial charge in [0.25, 0.3) is 0 Å². The lowest BCUT2D eigenvalue weighted by atomic mass is 10.1. The topological polar surface area (TPSA) is 0 Å². The van der Waals surface area contributed by atoms with Crippen LogP contribution in [-0.4, -0.2) is 0 Å². The average molecular weight is 144 g/mol. The van der Waals surface area contributed by atoms with Crippen molar-refractivity contribution >= 4 is 0 Å². The Hall–Kier alpha value is 0. The summed E-state index contributed by atoms with van der Waals surface area (Å²) >= 11 is 0. The molecule has 0 aromatic heterocycles. The maximum atomic E-state index is 2.30. The molecule has 0 unspecified atom stereocenters. The maximum absolute atomic E-state index is 2.30. The normalized spacial score (nSPS) is 17.1. The smallest absolute Gasteiger partial charge is 0.0417 e. The van der Waals surface area contributed by atoms with Crippen LogP contribution < -0.4 is 0 Å². The molecule has 0 N–H and O–H groups in total. The van der Waals surface area contributed by atoms with E-state index in [2.05, 4.69) is 6.92 Å². The number of hydrogen-bond donors (Lipinski definition) is 0. The van der Waals surface area contributed by atoms with Gasteiger partial charge in [0.1, 0.15) is 0 Å². The quantitative estimate of drug-likeness (QED) is 0.516. The van der Waals surface area contributed by atoms with E-state index in [1.807, 2.05) is 13.8 Å². The highest BCUT2D eigenvalue weighted by Crippen LogP contribution is 2.26. The number of rotatable bonds is 1. The van der Waals surface area contributed by atoms with Crippen molar-refractivity contribution in [3.05, 3.63) is 0 Å². The molecule has 0 heteroatoms. The molecular formula is C10H24. The summed E-state index contributed by atoms with van der Waals surface area (Å²) in [5.41, 5.74) is 0. The Balaban J connectivity index is 0. The average Bonchev–Trinajstić information content (AvgIpc) is 2.43. The van der Waals surface area contributed by atoms with Crippen LogP contribution in [0.3, 0.4) is 0 Å². The van der Waals surface area contributed by atoms with Crippen LogP contribution in [0.4, 0.5) is 0 Å². The van der Waals surface area contributed by atoms with Crippen molar-refractivity contribution in [1.82, 2.24) is 0 Å². The second-order valence-electron chi connectivity index (χ2n) is 2.56. The van der Waals surface area contributed by atoms with Crippen LogP contribution >= 0.6 is 0 Å². The molecule has 64 valence electrons. The van der Waals surface area contributed by atoms with E-state index >= 15 is 0 Å². The third-order valence-corrected chi connectivity index (χ3v) is 2.05. The van der Waals surface area contributed by atoms with Crippen molar-refractivity contribution < 1.29 is 0 Å². The highest BCUT2D eigenvalue weighted by Gasteiger charge is 2.11. The third kappa shape index (κ3) is 4.84. The second-order valence-corrected chi connectivity index (χ2v) is 2.56. The molecule has 1 aliphatic rings. The van der Waals surface area contributed by atoms with Crippen molar-refractivity contribution in [2.24, 2.45) is 5.92 Å². The molecule has 0 aromatic carbocycles. The molecule has 1 rings (SSSR count). The first kappa shape index (κ1) is 12.7. The van der Waals surface area contributed by atoms with Gasteiger partial charge in [-0.15, -0.1) is 0 Å². The zero-order valence-electron chi connectivity index (χ0n) is 7.11. The summed E-state index contributed by atoms with van der Waals surface area (Å²) in [6.07, 6.45) is 7.43. The van der Waals surface area contributed by atoms with Crippen LogP contribution in [0.25, 0.3) is 0 Å². The van der Waals surface area contributed by atoms with E-state index in [1.54, 1.807) is 0 Å². The minimum absolute atomic E-state index is 0. The molecule has 0 aliphatic heterocycles.